The van der Waals surface area contributed by atoms with Crippen LogP contribution >= 0.6 is 0 Å². The van der Waals surface area contributed by atoms with E-state index in [0.717, 1.165) is 32.1 Å². The van der Waals surface area contributed by atoms with Crippen LogP contribution in [0.15, 0.2) is 18.2 Å². The van der Waals surface area contributed by atoms with Crippen LogP contribution in [0.25, 0.3) is 0 Å². The molecule has 1 N–H and O–H groups in total. The predicted octanol–water partition coefficient (Wildman–Crippen LogP) is 3.88. The second kappa shape index (κ2) is 8.16. The summed E-state index contributed by atoms with van der Waals surface area (Å²) in [5.41, 5.74) is 0.238. The molecule has 0 radical (unpaired) electrons. The fourth-order valence-corrected chi connectivity index (χ4v) is 3.27. The van der Waals surface area contributed by atoms with Crippen molar-refractivity contribution in [2.24, 2.45) is 5.92 Å². The smallest absolute Gasteiger partial charge is 0.256 e. The van der Waals surface area contributed by atoms with E-state index in [0.29, 0.717) is 29.5 Å². The highest BCUT2D eigenvalue weighted by Crippen LogP contribution is 2.36. The molecular weight excluding hydrogens is 304 g/mol. The molecule has 1 amide bonds. The molecule has 2 rings (SSSR count). The SMILES string of the molecule is CCCOc1ccc(NC(=O)[C@]2(OC)CCC[C@H](C)C2)cc1C#N. The normalized spacial score (nSPS) is 23.3. The Balaban J connectivity index is 2.15. The number of hydrogen-bond acceptors (Lipinski definition) is 4. The number of amides is 1. The van der Waals surface area contributed by atoms with Crippen LogP contribution in [0.2, 0.25) is 0 Å². The van der Waals surface area contributed by atoms with Gasteiger partial charge >= 0.3 is 0 Å². The van der Waals surface area contributed by atoms with Crippen molar-refractivity contribution in [1.29, 1.82) is 5.26 Å². The third-order valence-corrected chi connectivity index (χ3v) is 4.58. The lowest BCUT2D eigenvalue weighted by molar-refractivity contribution is -0.143. The van der Waals surface area contributed by atoms with Gasteiger partial charge in [0.05, 0.1) is 12.2 Å². The number of methoxy groups -OCH3 is 1. The number of rotatable bonds is 6. The molecule has 0 saturated heterocycles. The Hall–Kier alpha value is -2.06. The number of nitrogens with zero attached hydrogens (tertiary/aromatic N) is 1. The van der Waals surface area contributed by atoms with Gasteiger partial charge in [-0.15, -0.1) is 0 Å². The summed E-state index contributed by atoms with van der Waals surface area (Å²) in [7, 11) is 1.60. The van der Waals surface area contributed by atoms with Crippen LogP contribution < -0.4 is 10.1 Å². The first-order valence-electron chi connectivity index (χ1n) is 8.58. The number of nitrogens with one attached hydrogen (secondary N) is 1. The van der Waals surface area contributed by atoms with Crippen LogP contribution in [0, 0.1) is 17.2 Å². The van der Waals surface area contributed by atoms with Crippen molar-refractivity contribution in [1.82, 2.24) is 0 Å². The lowest BCUT2D eigenvalue weighted by Gasteiger charge is -2.37. The zero-order valence-electron chi connectivity index (χ0n) is 14.7. The van der Waals surface area contributed by atoms with Gasteiger partial charge in [0.2, 0.25) is 0 Å². The molecule has 24 heavy (non-hydrogen) atoms. The van der Waals surface area contributed by atoms with Crippen LogP contribution in [0.4, 0.5) is 5.69 Å². The van der Waals surface area contributed by atoms with Crippen molar-refractivity contribution in [3.05, 3.63) is 23.8 Å². The maximum absolute atomic E-state index is 12.8. The molecule has 1 aliphatic carbocycles. The molecule has 1 saturated carbocycles. The van der Waals surface area contributed by atoms with Crippen molar-refractivity contribution in [2.45, 2.75) is 51.6 Å². The van der Waals surface area contributed by atoms with Gasteiger partial charge in [0.25, 0.3) is 5.91 Å². The Bertz CT molecular complexity index is 624. The maximum Gasteiger partial charge on any atom is 0.256 e. The average Bonchev–Trinajstić information content (AvgIpc) is 2.60. The van der Waals surface area contributed by atoms with Crippen LogP contribution in [0.1, 0.15) is 51.5 Å². The molecule has 1 aromatic carbocycles. The average molecular weight is 330 g/mol. The van der Waals surface area contributed by atoms with Gasteiger partial charge in [-0.1, -0.05) is 20.3 Å². The molecule has 0 bridgehead atoms. The summed E-state index contributed by atoms with van der Waals surface area (Å²) in [5.74, 6) is 0.872. The number of hydrogen-bond donors (Lipinski definition) is 1. The number of carbonyl (C=O) groups excluding carboxylic acids is 1. The fraction of sp³-hybridized carbons (Fsp3) is 0.579. The quantitative estimate of drug-likeness (QED) is 0.859. The Morgan fingerprint density at radius 1 is 1.50 bits per heavy atom. The fourth-order valence-electron chi connectivity index (χ4n) is 3.27. The molecule has 130 valence electrons. The van der Waals surface area contributed by atoms with E-state index < -0.39 is 5.60 Å². The van der Waals surface area contributed by atoms with Gasteiger partial charge in [0.1, 0.15) is 17.4 Å². The van der Waals surface area contributed by atoms with Crippen molar-refractivity contribution in [3.63, 3.8) is 0 Å². The lowest BCUT2D eigenvalue weighted by Crippen LogP contribution is -2.47. The maximum atomic E-state index is 12.8. The summed E-state index contributed by atoms with van der Waals surface area (Å²) >= 11 is 0. The Kier molecular flexibility index (Phi) is 6.22. The molecule has 0 heterocycles. The van der Waals surface area contributed by atoms with E-state index in [-0.39, 0.29) is 5.91 Å². The van der Waals surface area contributed by atoms with Gasteiger partial charge < -0.3 is 14.8 Å². The van der Waals surface area contributed by atoms with Crippen molar-refractivity contribution >= 4 is 11.6 Å². The minimum absolute atomic E-state index is 0.136. The summed E-state index contributed by atoms with van der Waals surface area (Å²) in [6.45, 7) is 4.72. The highest BCUT2D eigenvalue weighted by molar-refractivity contribution is 5.97. The topological polar surface area (TPSA) is 71.3 Å². The molecule has 0 aliphatic heterocycles. The van der Waals surface area contributed by atoms with E-state index in [1.807, 2.05) is 6.92 Å². The Labute approximate surface area is 144 Å². The standard InChI is InChI=1S/C19H26N2O3/c1-4-10-24-17-8-7-16(11-15(17)13-20)21-18(22)19(23-3)9-5-6-14(2)12-19/h7-8,11,14H,4-6,9-10,12H2,1-3H3,(H,21,22)/t14-,19-/m0/s1. The van der Waals surface area contributed by atoms with E-state index in [9.17, 15) is 10.1 Å². The molecule has 0 aromatic heterocycles. The highest BCUT2D eigenvalue weighted by atomic mass is 16.5. The first-order chi connectivity index (χ1) is 11.5. The van der Waals surface area contributed by atoms with E-state index >= 15 is 0 Å². The zero-order chi connectivity index (χ0) is 17.6. The van der Waals surface area contributed by atoms with Crippen molar-refractivity contribution < 1.29 is 14.3 Å². The Morgan fingerprint density at radius 2 is 2.29 bits per heavy atom. The molecule has 1 aromatic rings. The van der Waals surface area contributed by atoms with Gasteiger partial charge in [-0.3, -0.25) is 4.79 Å². The number of anilines is 1. The zero-order valence-corrected chi connectivity index (χ0v) is 14.7. The van der Waals surface area contributed by atoms with Gasteiger partial charge in [-0.25, -0.2) is 0 Å². The molecular formula is C19H26N2O3. The van der Waals surface area contributed by atoms with E-state index in [1.165, 1.54) is 0 Å². The number of ether oxygens (including phenoxy) is 2. The summed E-state index contributed by atoms with van der Waals surface area (Å²) in [6, 6.07) is 7.26. The van der Waals surface area contributed by atoms with E-state index in [4.69, 9.17) is 9.47 Å². The van der Waals surface area contributed by atoms with Crippen molar-refractivity contribution in [2.75, 3.05) is 19.0 Å². The number of nitriles is 1. The first kappa shape index (κ1) is 18.3. The largest absolute Gasteiger partial charge is 0.492 e. The molecule has 0 unspecified atom stereocenters. The van der Waals surface area contributed by atoms with Gasteiger partial charge in [-0.2, -0.15) is 5.26 Å². The minimum atomic E-state index is -0.776. The summed E-state index contributed by atoms with van der Waals surface area (Å²) < 4.78 is 11.2. The van der Waals surface area contributed by atoms with E-state index in [1.54, 1.807) is 25.3 Å². The molecule has 2 atom stereocenters. The Morgan fingerprint density at radius 3 is 2.92 bits per heavy atom. The van der Waals surface area contributed by atoms with Crippen LogP contribution in [-0.4, -0.2) is 25.2 Å². The summed E-state index contributed by atoms with van der Waals surface area (Å²) in [6.07, 6.45) is 4.43. The van der Waals surface area contributed by atoms with Crippen molar-refractivity contribution in [3.8, 4) is 11.8 Å². The van der Waals surface area contributed by atoms with Gasteiger partial charge in [0, 0.05) is 12.8 Å². The number of carbonyl (C=O) groups is 1. The third-order valence-electron chi connectivity index (χ3n) is 4.58. The third kappa shape index (κ3) is 4.07. The number of benzene rings is 1. The minimum Gasteiger partial charge on any atom is -0.492 e. The van der Waals surface area contributed by atoms with Crippen LogP contribution in [-0.2, 0) is 9.53 Å². The van der Waals surface area contributed by atoms with Crippen LogP contribution in [0.5, 0.6) is 5.75 Å². The molecule has 1 aliphatic rings. The highest BCUT2D eigenvalue weighted by Gasteiger charge is 2.42. The predicted molar refractivity (Wildman–Crippen MR) is 92.9 cm³/mol. The van der Waals surface area contributed by atoms with E-state index in [2.05, 4.69) is 18.3 Å². The summed E-state index contributed by atoms with van der Waals surface area (Å²) in [4.78, 5) is 12.8. The van der Waals surface area contributed by atoms with Gasteiger partial charge in [0.15, 0.2) is 0 Å². The first-order valence-corrected chi connectivity index (χ1v) is 8.58. The molecule has 1 fully saturated rings. The lowest BCUT2D eigenvalue weighted by atomic mass is 9.78. The monoisotopic (exact) mass is 330 g/mol. The van der Waals surface area contributed by atoms with Crippen LogP contribution in [0.3, 0.4) is 0 Å². The molecule has 5 heteroatoms. The van der Waals surface area contributed by atoms with Gasteiger partial charge in [-0.05, 0) is 49.8 Å². The molecule has 5 nitrogen and oxygen atoms in total. The second-order valence-electron chi connectivity index (χ2n) is 6.53. The molecule has 0 spiro atoms. The second-order valence-corrected chi connectivity index (χ2v) is 6.53. The summed E-state index contributed by atoms with van der Waals surface area (Å²) in [5, 5.41) is 12.2.